The van der Waals surface area contributed by atoms with Crippen LogP contribution in [0.5, 0.6) is 0 Å². The van der Waals surface area contributed by atoms with Crippen LogP contribution in [-0.4, -0.2) is 20.8 Å². The molecule has 0 aliphatic rings. The second-order valence-electron chi connectivity index (χ2n) is 5.41. The predicted octanol–water partition coefficient (Wildman–Crippen LogP) is 2.59. The molecule has 20 heavy (non-hydrogen) atoms. The topological polar surface area (TPSA) is 56.7 Å². The average Bonchev–Trinajstić information content (AvgIpc) is 2.81. The summed E-state index contributed by atoms with van der Waals surface area (Å²) >= 11 is 0. The second kappa shape index (κ2) is 6.18. The fraction of sp³-hybridized carbons (Fsp3) is 0.500. The van der Waals surface area contributed by atoms with Crippen molar-refractivity contribution >= 4 is 0 Å². The highest BCUT2D eigenvalue weighted by atomic mass is 15.3. The molecule has 4 heteroatoms. The molecular formula is C16H24N4. The van der Waals surface area contributed by atoms with Gasteiger partial charge in [0.2, 0.25) is 0 Å². The van der Waals surface area contributed by atoms with Gasteiger partial charge < -0.3 is 5.73 Å². The molecule has 0 aliphatic heterocycles. The summed E-state index contributed by atoms with van der Waals surface area (Å²) in [5, 5.41) is 4.65. The van der Waals surface area contributed by atoms with Gasteiger partial charge in [0.1, 0.15) is 0 Å². The van der Waals surface area contributed by atoms with Crippen LogP contribution in [0.1, 0.15) is 43.3 Å². The lowest BCUT2D eigenvalue weighted by atomic mass is 10.1. The number of rotatable bonds is 5. The van der Waals surface area contributed by atoms with E-state index in [0.29, 0.717) is 0 Å². The summed E-state index contributed by atoms with van der Waals surface area (Å²) in [6, 6.07) is 4.49. The third-order valence-electron chi connectivity index (χ3n) is 3.42. The maximum atomic E-state index is 5.85. The maximum absolute atomic E-state index is 5.85. The lowest BCUT2D eigenvalue weighted by molar-refractivity contribution is 0.728. The molecular weight excluding hydrogens is 248 g/mol. The Morgan fingerprint density at radius 3 is 2.55 bits per heavy atom. The first kappa shape index (κ1) is 14.7. The summed E-state index contributed by atoms with van der Waals surface area (Å²) in [6.07, 6.45) is 4.67. The van der Waals surface area contributed by atoms with E-state index >= 15 is 0 Å². The van der Waals surface area contributed by atoms with E-state index in [9.17, 15) is 0 Å². The van der Waals surface area contributed by atoms with Crippen molar-refractivity contribution in [2.24, 2.45) is 5.73 Å². The fourth-order valence-electron chi connectivity index (χ4n) is 2.41. The van der Waals surface area contributed by atoms with Gasteiger partial charge in [-0.25, -0.2) is 9.67 Å². The Hall–Kier alpha value is -1.68. The van der Waals surface area contributed by atoms with Gasteiger partial charge in [-0.15, -0.1) is 0 Å². The Morgan fingerprint density at radius 2 is 2.00 bits per heavy atom. The number of nitrogens with two attached hydrogens (primary N) is 1. The Kier molecular flexibility index (Phi) is 4.55. The molecule has 0 aromatic carbocycles. The van der Waals surface area contributed by atoms with Gasteiger partial charge in [0.05, 0.1) is 5.69 Å². The van der Waals surface area contributed by atoms with Gasteiger partial charge >= 0.3 is 0 Å². The van der Waals surface area contributed by atoms with E-state index in [2.05, 4.69) is 43.0 Å². The van der Waals surface area contributed by atoms with Crippen LogP contribution >= 0.6 is 0 Å². The van der Waals surface area contributed by atoms with E-state index in [0.717, 1.165) is 36.3 Å². The van der Waals surface area contributed by atoms with Gasteiger partial charge in [0.15, 0.2) is 5.82 Å². The van der Waals surface area contributed by atoms with Gasteiger partial charge in [0.25, 0.3) is 0 Å². The standard InChI is InChI=1S/C16H24N4/c1-5-14-9-15(6-2)20(19-14)16-11(3)7-13(10-18-16)8-12(4)17/h7,9-10,12H,5-6,8,17H2,1-4H3. The fourth-order valence-corrected chi connectivity index (χ4v) is 2.41. The minimum absolute atomic E-state index is 0.157. The first-order valence-corrected chi connectivity index (χ1v) is 7.34. The zero-order chi connectivity index (χ0) is 14.7. The van der Waals surface area contributed by atoms with Crippen molar-refractivity contribution in [1.82, 2.24) is 14.8 Å². The Labute approximate surface area is 121 Å². The predicted molar refractivity (Wildman–Crippen MR) is 82.2 cm³/mol. The normalized spacial score (nSPS) is 12.7. The molecule has 1 unspecified atom stereocenters. The zero-order valence-electron chi connectivity index (χ0n) is 12.8. The number of hydrogen-bond donors (Lipinski definition) is 1. The highest BCUT2D eigenvalue weighted by Crippen LogP contribution is 2.17. The van der Waals surface area contributed by atoms with Crippen LogP contribution in [0.3, 0.4) is 0 Å². The maximum Gasteiger partial charge on any atom is 0.156 e. The van der Waals surface area contributed by atoms with Crippen LogP contribution in [-0.2, 0) is 19.3 Å². The van der Waals surface area contributed by atoms with E-state index in [1.54, 1.807) is 0 Å². The number of hydrogen-bond acceptors (Lipinski definition) is 3. The second-order valence-corrected chi connectivity index (χ2v) is 5.41. The monoisotopic (exact) mass is 272 g/mol. The Balaban J connectivity index is 2.40. The minimum atomic E-state index is 0.157. The largest absolute Gasteiger partial charge is 0.328 e. The molecule has 1 atom stereocenters. The smallest absolute Gasteiger partial charge is 0.156 e. The van der Waals surface area contributed by atoms with Crippen LogP contribution in [0.15, 0.2) is 18.3 Å². The lowest BCUT2D eigenvalue weighted by Gasteiger charge is -2.11. The molecule has 0 saturated carbocycles. The van der Waals surface area contributed by atoms with Crippen molar-refractivity contribution in [3.8, 4) is 5.82 Å². The number of aryl methyl sites for hydroxylation is 3. The first-order valence-electron chi connectivity index (χ1n) is 7.34. The zero-order valence-corrected chi connectivity index (χ0v) is 12.8. The van der Waals surface area contributed by atoms with Crippen molar-refractivity contribution < 1.29 is 0 Å². The van der Waals surface area contributed by atoms with Crippen LogP contribution in [0.2, 0.25) is 0 Å². The van der Waals surface area contributed by atoms with E-state index in [1.165, 1.54) is 11.3 Å². The average molecular weight is 272 g/mol. The van der Waals surface area contributed by atoms with Gasteiger partial charge in [-0.2, -0.15) is 5.10 Å². The van der Waals surface area contributed by atoms with Gasteiger partial charge in [-0.05, 0) is 50.3 Å². The molecule has 4 nitrogen and oxygen atoms in total. The molecule has 2 N–H and O–H groups in total. The molecule has 2 rings (SSSR count). The van der Waals surface area contributed by atoms with E-state index < -0.39 is 0 Å². The third kappa shape index (κ3) is 3.07. The van der Waals surface area contributed by atoms with E-state index in [4.69, 9.17) is 5.73 Å². The van der Waals surface area contributed by atoms with Crippen molar-refractivity contribution in [3.05, 3.63) is 40.8 Å². The van der Waals surface area contributed by atoms with Crippen LogP contribution in [0.4, 0.5) is 0 Å². The van der Waals surface area contributed by atoms with Crippen molar-refractivity contribution in [2.75, 3.05) is 0 Å². The number of pyridine rings is 1. The number of aromatic nitrogens is 3. The third-order valence-corrected chi connectivity index (χ3v) is 3.42. The van der Waals surface area contributed by atoms with Crippen molar-refractivity contribution in [3.63, 3.8) is 0 Å². The van der Waals surface area contributed by atoms with Gasteiger partial charge in [-0.1, -0.05) is 19.9 Å². The van der Waals surface area contributed by atoms with E-state index in [-0.39, 0.29) is 6.04 Å². The Bertz CT molecular complexity index is 584. The highest BCUT2D eigenvalue weighted by Gasteiger charge is 2.11. The lowest BCUT2D eigenvalue weighted by Crippen LogP contribution is -2.18. The summed E-state index contributed by atoms with van der Waals surface area (Å²) < 4.78 is 1.98. The summed E-state index contributed by atoms with van der Waals surface area (Å²) in [5.41, 5.74) is 10.5. The summed E-state index contributed by atoms with van der Waals surface area (Å²) in [4.78, 5) is 4.60. The van der Waals surface area contributed by atoms with Crippen molar-refractivity contribution in [2.45, 2.75) is 53.0 Å². The molecule has 108 valence electrons. The summed E-state index contributed by atoms with van der Waals surface area (Å²) in [6.45, 7) is 8.37. The van der Waals surface area contributed by atoms with Crippen LogP contribution < -0.4 is 5.73 Å². The molecule has 0 saturated heterocycles. The summed E-state index contributed by atoms with van der Waals surface area (Å²) in [7, 11) is 0. The molecule has 0 spiro atoms. The van der Waals surface area contributed by atoms with Gasteiger partial charge in [-0.3, -0.25) is 0 Å². The molecule has 0 radical (unpaired) electrons. The van der Waals surface area contributed by atoms with Gasteiger partial charge in [0, 0.05) is 17.9 Å². The minimum Gasteiger partial charge on any atom is -0.328 e. The summed E-state index contributed by atoms with van der Waals surface area (Å²) in [5.74, 6) is 0.926. The molecule has 2 aromatic heterocycles. The van der Waals surface area contributed by atoms with E-state index in [1.807, 2.05) is 17.8 Å². The molecule has 2 aromatic rings. The Morgan fingerprint density at radius 1 is 1.25 bits per heavy atom. The van der Waals surface area contributed by atoms with Crippen molar-refractivity contribution in [1.29, 1.82) is 0 Å². The SMILES string of the molecule is CCc1cc(CC)n(-c2ncc(CC(C)N)cc2C)n1. The number of nitrogens with zero attached hydrogens (tertiary/aromatic N) is 3. The highest BCUT2D eigenvalue weighted by molar-refractivity contribution is 5.37. The van der Waals surface area contributed by atoms with Crippen LogP contribution in [0, 0.1) is 6.92 Å². The first-order chi connectivity index (χ1) is 9.55. The molecule has 0 aliphatic carbocycles. The van der Waals surface area contributed by atoms with Crippen LogP contribution in [0.25, 0.3) is 5.82 Å². The quantitative estimate of drug-likeness (QED) is 0.910. The molecule has 0 amide bonds. The molecule has 2 heterocycles. The molecule has 0 fully saturated rings. The molecule has 0 bridgehead atoms.